The average Bonchev–Trinajstić information content (AvgIpc) is 3.51. The van der Waals surface area contributed by atoms with Gasteiger partial charge in [0.2, 0.25) is 5.91 Å². The number of aromatic nitrogens is 1. The largest absolute Gasteiger partial charge is 0.273 e. The lowest BCUT2D eigenvalue weighted by molar-refractivity contribution is -0.122. The fraction of sp³-hybridized carbons (Fsp3) is 0.136. The summed E-state index contributed by atoms with van der Waals surface area (Å²) in [4.78, 5) is 16.7. The Hall–Kier alpha value is -3.27. The normalized spacial score (nSPS) is 19.0. The third kappa shape index (κ3) is 3.54. The van der Waals surface area contributed by atoms with Crippen molar-refractivity contribution in [3.05, 3.63) is 102 Å². The third-order valence-corrected chi connectivity index (χ3v) is 4.62. The number of hydrazone groups is 1. The van der Waals surface area contributed by atoms with Gasteiger partial charge in [0.15, 0.2) is 0 Å². The number of benzene rings is 2. The monoisotopic (exact) mass is 341 g/mol. The number of pyridine rings is 1. The van der Waals surface area contributed by atoms with Crippen molar-refractivity contribution in [1.29, 1.82) is 0 Å². The molecule has 3 aromatic rings. The van der Waals surface area contributed by atoms with Crippen molar-refractivity contribution in [2.24, 2.45) is 11.0 Å². The van der Waals surface area contributed by atoms with Crippen molar-refractivity contribution in [3.8, 4) is 0 Å². The van der Waals surface area contributed by atoms with E-state index in [0.29, 0.717) is 11.6 Å². The van der Waals surface area contributed by atoms with Gasteiger partial charge in [0.1, 0.15) is 0 Å². The molecule has 0 spiro atoms. The maximum absolute atomic E-state index is 12.5. The van der Waals surface area contributed by atoms with E-state index in [9.17, 15) is 4.79 Å². The second-order valence-electron chi connectivity index (χ2n) is 6.40. The Balaban J connectivity index is 1.52. The highest BCUT2D eigenvalue weighted by molar-refractivity contribution is 6.13. The fourth-order valence-electron chi connectivity index (χ4n) is 3.14. The molecule has 0 aliphatic heterocycles. The van der Waals surface area contributed by atoms with Gasteiger partial charge in [-0.15, -0.1) is 0 Å². The van der Waals surface area contributed by atoms with Crippen LogP contribution in [0.3, 0.4) is 0 Å². The van der Waals surface area contributed by atoms with Gasteiger partial charge in [-0.2, -0.15) is 5.10 Å². The minimum atomic E-state index is -0.0313. The lowest BCUT2D eigenvalue weighted by atomic mass is 10.0. The topological polar surface area (TPSA) is 54.4 Å². The molecule has 0 saturated heterocycles. The molecule has 1 N–H and O–H groups in total. The van der Waals surface area contributed by atoms with E-state index in [1.54, 1.807) is 12.4 Å². The van der Waals surface area contributed by atoms with E-state index in [1.165, 1.54) is 5.56 Å². The number of amides is 1. The third-order valence-electron chi connectivity index (χ3n) is 4.62. The van der Waals surface area contributed by atoms with Gasteiger partial charge in [-0.25, -0.2) is 5.43 Å². The average molecular weight is 341 g/mol. The fourth-order valence-corrected chi connectivity index (χ4v) is 3.14. The molecule has 2 aromatic carbocycles. The molecule has 1 aromatic heterocycles. The van der Waals surface area contributed by atoms with Gasteiger partial charge >= 0.3 is 0 Å². The van der Waals surface area contributed by atoms with Gasteiger partial charge in [-0.1, -0.05) is 60.7 Å². The molecule has 0 bridgehead atoms. The Bertz CT molecular complexity index is 866. The quantitative estimate of drug-likeness (QED) is 0.567. The molecule has 2 atom stereocenters. The van der Waals surface area contributed by atoms with Crippen molar-refractivity contribution in [3.63, 3.8) is 0 Å². The maximum atomic E-state index is 12.5. The van der Waals surface area contributed by atoms with Crippen molar-refractivity contribution in [2.45, 2.75) is 12.3 Å². The molecule has 4 heteroatoms. The first-order valence-electron chi connectivity index (χ1n) is 8.71. The summed E-state index contributed by atoms with van der Waals surface area (Å²) < 4.78 is 0. The summed E-state index contributed by atoms with van der Waals surface area (Å²) in [6, 6.07) is 23.8. The van der Waals surface area contributed by atoms with Gasteiger partial charge in [0.05, 0.1) is 5.71 Å². The molecule has 128 valence electrons. The molecule has 1 saturated carbocycles. The molecule has 0 radical (unpaired) electrons. The molecule has 1 heterocycles. The standard InChI is InChI=1S/C22H19N3O/c26-22(20-14-19(20)16-8-3-1-4-9-16)25-24-21(17-10-5-2-6-11-17)18-12-7-13-23-15-18/h1-13,15,19-20H,14H2,(H,25,26)/b24-21-/t19-,20+/m0/s1. The van der Waals surface area contributed by atoms with Crippen LogP contribution in [-0.4, -0.2) is 16.6 Å². The minimum absolute atomic E-state index is 0.00734. The second kappa shape index (κ2) is 7.31. The van der Waals surface area contributed by atoms with Crippen LogP contribution in [0.15, 0.2) is 90.3 Å². The molecule has 1 fully saturated rings. The highest BCUT2D eigenvalue weighted by atomic mass is 16.2. The van der Waals surface area contributed by atoms with E-state index in [4.69, 9.17) is 0 Å². The van der Waals surface area contributed by atoms with Crippen LogP contribution in [0.2, 0.25) is 0 Å². The maximum Gasteiger partial charge on any atom is 0.243 e. The first-order valence-corrected chi connectivity index (χ1v) is 8.71. The van der Waals surface area contributed by atoms with E-state index in [0.717, 1.165) is 17.5 Å². The van der Waals surface area contributed by atoms with Crippen molar-refractivity contribution >= 4 is 11.6 Å². The van der Waals surface area contributed by atoms with E-state index in [1.807, 2.05) is 60.7 Å². The number of nitrogens with zero attached hydrogens (tertiary/aromatic N) is 2. The van der Waals surface area contributed by atoms with Gasteiger partial charge in [-0.05, 0) is 30.0 Å². The first-order chi connectivity index (χ1) is 12.8. The van der Waals surface area contributed by atoms with Gasteiger partial charge in [-0.3, -0.25) is 9.78 Å². The first kappa shape index (κ1) is 16.2. The number of carbonyl (C=O) groups is 1. The van der Waals surface area contributed by atoms with E-state index in [-0.39, 0.29) is 11.8 Å². The predicted molar refractivity (Wildman–Crippen MR) is 102 cm³/mol. The smallest absolute Gasteiger partial charge is 0.243 e. The molecule has 4 nitrogen and oxygen atoms in total. The summed E-state index contributed by atoms with van der Waals surface area (Å²) in [7, 11) is 0. The lowest BCUT2D eigenvalue weighted by Gasteiger charge is -2.07. The van der Waals surface area contributed by atoms with Gasteiger partial charge in [0.25, 0.3) is 0 Å². The van der Waals surface area contributed by atoms with Crippen molar-refractivity contribution in [2.75, 3.05) is 0 Å². The Labute approximate surface area is 152 Å². The van der Waals surface area contributed by atoms with E-state index < -0.39 is 0 Å². The summed E-state index contributed by atoms with van der Waals surface area (Å²) in [6.07, 6.45) is 4.35. The Morgan fingerprint density at radius 3 is 2.31 bits per heavy atom. The van der Waals surface area contributed by atoms with Crippen LogP contribution in [0.25, 0.3) is 0 Å². The van der Waals surface area contributed by atoms with Crippen LogP contribution in [0.1, 0.15) is 29.0 Å². The van der Waals surface area contributed by atoms with Gasteiger partial charge < -0.3 is 0 Å². The van der Waals surface area contributed by atoms with E-state index >= 15 is 0 Å². The molecule has 1 aliphatic carbocycles. The molecular weight excluding hydrogens is 322 g/mol. The Morgan fingerprint density at radius 2 is 1.62 bits per heavy atom. The molecule has 4 rings (SSSR count). The van der Waals surface area contributed by atoms with Crippen molar-refractivity contribution in [1.82, 2.24) is 10.4 Å². The number of rotatable bonds is 5. The summed E-state index contributed by atoms with van der Waals surface area (Å²) in [6.45, 7) is 0. The molecule has 1 amide bonds. The highest BCUT2D eigenvalue weighted by Crippen LogP contribution is 2.47. The number of nitrogens with one attached hydrogen (secondary N) is 1. The van der Waals surface area contributed by atoms with Crippen molar-refractivity contribution < 1.29 is 4.79 Å². The highest BCUT2D eigenvalue weighted by Gasteiger charge is 2.43. The Morgan fingerprint density at radius 1 is 0.923 bits per heavy atom. The Kier molecular flexibility index (Phi) is 4.56. The van der Waals surface area contributed by atoms with Crippen LogP contribution >= 0.6 is 0 Å². The van der Waals surface area contributed by atoms with Crippen LogP contribution in [0, 0.1) is 5.92 Å². The number of carbonyl (C=O) groups excluding carboxylic acids is 1. The number of hydrogen-bond acceptors (Lipinski definition) is 3. The van der Waals surface area contributed by atoms with Crippen LogP contribution in [-0.2, 0) is 4.79 Å². The SMILES string of the molecule is O=C(N/N=C(/c1ccccc1)c1cccnc1)[C@@H]1C[C@H]1c1ccccc1. The molecular formula is C22H19N3O. The molecule has 26 heavy (non-hydrogen) atoms. The zero-order valence-electron chi connectivity index (χ0n) is 14.2. The minimum Gasteiger partial charge on any atom is -0.273 e. The lowest BCUT2D eigenvalue weighted by Crippen LogP contribution is -2.22. The summed E-state index contributed by atoms with van der Waals surface area (Å²) in [5.74, 6) is 0.258. The summed E-state index contributed by atoms with van der Waals surface area (Å²) >= 11 is 0. The van der Waals surface area contributed by atoms with Crippen LogP contribution < -0.4 is 5.43 Å². The van der Waals surface area contributed by atoms with E-state index in [2.05, 4.69) is 27.6 Å². The van der Waals surface area contributed by atoms with Crippen LogP contribution in [0.5, 0.6) is 0 Å². The van der Waals surface area contributed by atoms with Crippen LogP contribution in [0.4, 0.5) is 0 Å². The number of hydrogen-bond donors (Lipinski definition) is 1. The molecule has 0 unspecified atom stereocenters. The second-order valence-corrected chi connectivity index (χ2v) is 6.40. The summed E-state index contributed by atoms with van der Waals surface area (Å²) in [5, 5.41) is 4.43. The van der Waals surface area contributed by atoms with Gasteiger partial charge in [0, 0.05) is 29.4 Å². The molecule has 1 aliphatic rings. The predicted octanol–water partition coefficient (Wildman–Crippen LogP) is 3.75. The summed E-state index contributed by atoms with van der Waals surface area (Å²) in [5.41, 5.74) is 6.50. The zero-order valence-corrected chi connectivity index (χ0v) is 14.2. The zero-order chi connectivity index (χ0) is 17.8.